The van der Waals surface area contributed by atoms with Crippen molar-refractivity contribution in [2.45, 2.75) is 32.2 Å². The molecule has 212 valence electrons. The van der Waals surface area contributed by atoms with Crippen molar-refractivity contribution in [2.75, 3.05) is 51.1 Å². The lowest BCUT2D eigenvalue weighted by Gasteiger charge is -2.27. The van der Waals surface area contributed by atoms with Crippen molar-refractivity contribution in [1.29, 1.82) is 0 Å². The van der Waals surface area contributed by atoms with Gasteiger partial charge >= 0.3 is 6.03 Å². The van der Waals surface area contributed by atoms with Crippen LogP contribution in [-0.4, -0.2) is 83.1 Å². The molecule has 2 aliphatic heterocycles. The summed E-state index contributed by atoms with van der Waals surface area (Å²) < 4.78 is 14.3. The zero-order valence-corrected chi connectivity index (χ0v) is 25.0. The second-order valence-electron chi connectivity index (χ2n) is 10.5. The molecule has 5 rings (SSSR count). The Hall–Kier alpha value is -2.93. The van der Waals surface area contributed by atoms with Gasteiger partial charge in [0, 0.05) is 63.3 Å². The molecule has 4 heterocycles. The number of thiophene rings is 1. The summed E-state index contributed by atoms with van der Waals surface area (Å²) in [5.74, 6) is -0.0735. The molecule has 2 aliphatic rings. The van der Waals surface area contributed by atoms with Crippen molar-refractivity contribution in [2.24, 2.45) is 0 Å². The number of hydrogen-bond acceptors (Lipinski definition) is 8. The van der Waals surface area contributed by atoms with E-state index >= 15 is 0 Å². The van der Waals surface area contributed by atoms with Crippen LogP contribution in [0.2, 0.25) is 0 Å². The molecule has 0 atom stereocenters. The Morgan fingerprint density at radius 2 is 1.90 bits per heavy atom. The molecule has 1 aromatic carbocycles. The quantitative estimate of drug-likeness (QED) is 0.293. The first-order valence-electron chi connectivity index (χ1n) is 13.4. The molecule has 0 aliphatic carbocycles. The summed E-state index contributed by atoms with van der Waals surface area (Å²) in [6.07, 6.45) is 3.35. The number of carbonyl (C=O) groups excluding carboxylic acids is 2. The SMILES string of the molecule is CC1(C)NC(=O)N(CCNc2ncc(Br)c(-c3cc(CCN4CCNCC4)c(Cc4ccc(F)cc4)s3)n2)C1=O. The maximum atomic E-state index is 13.5. The smallest absolute Gasteiger partial charge is 0.325 e. The van der Waals surface area contributed by atoms with Crippen molar-refractivity contribution >= 4 is 45.2 Å². The summed E-state index contributed by atoms with van der Waals surface area (Å²) in [4.78, 5) is 39.7. The number of rotatable bonds is 10. The Balaban J connectivity index is 1.33. The minimum atomic E-state index is -0.897. The molecule has 0 unspecified atom stereocenters. The van der Waals surface area contributed by atoms with E-state index in [9.17, 15) is 14.0 Å². The highest BCUT2D eigenvalue weighted by atomic mass is 79.9. The van der Waals surface area contributed by atoms with Crippen molar-refractivity contribution in [1.82, 2.24) is 30.4 Å². The lowest BCUT2D eigenvalue weighted by atomic mass is 10.1. The van der Waals surface area contributed by atoms with Crippen LogP contribution in [0.1, 0.15) is 29.9 Å². The first-order valence-corrected chi connectivity index (χ1v) is 15.0. The highest BCUT2D eigenvalue weighted by molar-refractivity contribution is 9.10. The van der Waals surface area contributed by atoms with E-state index in [2.05, 4.69) is 47.8 Å². The number of hydrogen-bond donors (Lipinski definition) is 3. The average Bonchev–Trinajstić information content (AvgIpc) is 3.42. The molecule has 40 heavy (non-hydrogen) atoms. The molecule has 2 aromatic heterocycles. The summed E-state index contributed by atoms with van der Waals surface area (Å²) in [6.45, 7) is 8.99. The highest BCUT2D eigenvalue weighted by Crippen LogP contribution is 2.36. The fourth-order valence-electron chi connectivity index (χ4n) is 4.87. The molecule has 0 saturated carbocycles. The molecule has 0 bridgehead atoms. The number of nitrogens with one attached hydrogen (secondary N) is 3. The fraction of sp³-hybridized carbons (Fsp3) is 0.429. The zero-order valence-electron chi connectivity index (χ0n) is 22.6. The van der Waals surface area contributed by atoms with Gasteiger partial charge in [-0.2, -0.15) is 0 Å². The number of benzene rings is 1. The third-order valence-corrected chi connectivity index (χ3v) is 8.89. The normalized spacial score (nSPS) is 17.4. The molecular weight excluding hydrogens is 597 g/mol. The largest absolute Gasteiger partial charge is 0.352 e. The Bertz CT molecular complexity index is 1380. The Morgan fingerprint density at radius 3 is 2.60 bits per heavy atom. The number of halogens is 2. The Kier molecular flexibility index (Phi) is 8.79. The molecule has 3 N–H and O–H groups in total. The predicted molar refractivity (Wildman–Crippen MR) is 158 cm³/mol. The molecular formula is C28H33BrFN7O2S. The number of carbonyl (C=O) groups is 2. The number of aromatic nitrogens is 2. The number of piperazine rings is 1. The second-order valence-corrected chi connectivity index (χ2v) is 12.5. The van der Waals surface area contributed by atoms with E-state index in [1.165, 1.54) is 27.5 Å². The minimum absolute atomic E-state index is 0.208. The van der Waals surface area contributed by atoms with Crippen LogP contribution in [-0.2, 0) is 17.6 Å². The molecule has 9 nitrogen and oxygen atoms in total. The van der Waals surface area contributed by atoms with Gasteiger partial charge in [0.15, 0.2) is 0 Å². The van der Waals surface area contributed by atoms with Gasteiger partial charge in [-0.1, -0.05) is 12.1 Å². The van der Waals surface area contributed by atoms with Gasteiger partial charge in [0.1, 0.15) is 11.4 Å². The monoisotopic (exact) mass is 629 g/mol. The molecule has 3 aromatic rings. The van der Waals surface area contributed by atoms with Crippen molar-refractivity contribution in [3.63, 3.8) is 0 Å². The number of anilines is 1. The van der Waals surface area contributed by atoms with Crippen molar-refractivity contribution < 1.29 is 14.0 Å². The van der Waals surface area contributed by atoms with Crippen molar-refractivity contribution in [3.05, 3.63) is 62.8 Å². The summed E-state index contributed by atoms with van der Waals surface area (Å²) in [5.41, 5.74) is 2.20. The Morgan fingerprint density at radius 1 is 1.15 bits per heavy atom. The lowest BCUT2D eigenvalue weighted by Crippen LogP contribution is -2.44. The van der Waals surface area contributed by atoms with Crippen LogP contribution >= 0.6 is 27.3 Å². The summed E-state index contributed by atoms with van der Waals surface area (Å²) in [5, 5.41) is 9.24. The number of imide groups is 1. The third-order valence-electron chi connectivity index (χ3n) is 7.12. The number of amides is 3. The molecule has 0 spiro atoms. The van der Waals surface area contributed by atoms with Gasteiger partial charge in [-0.15, -0.1) is 11.3 Å². The second kappa shape index (κ2) is 12.3. The van der Waals surface area contributed by atoms with Crippen LogP contribution in [0.15, 0.2) is 41.0 Å². The first-order chi connectivity index (χ1) is 19.2. The van der Waals surface area contributed by atoms with E-state index in [1.54, 1.807) is 31.4 Å². The highest BCUT2D eigenvalue weighted by Gasteiger charge is 2.43. The van der Waals surface area contributed by atoms with Crippen LogP contribution < -0.4 is 16.0 Å². The number of nitrogens with zero attached hydrogens (tertiary/aromatic N) is 4. The van der Waals surface area contributed by atoms with Crippen molar-refractivity contribution in [3.8, 4) is 10.6 Å². The topological polar surface area (TPSA) is 102 Å². The van der Waals surface area contributed by atoms with E-state index in [0.29, 0.717) is 12.5 Å². The van der Waals surface area contributed by atoms with Gasteiger partial charge < -0.3 is 20.9 Å². The number of urea groups is 1. The van der Waals surface area contributed by atoms with Gasteiger partial charge in [-0.3, -0.25) is 9.69 Å². The summed E-state index contributed by atoms with van der Waals surface area (Å²) >= 11 is 5.31. The summed E-state index contributed by atoms with van der Waals surface area (Å²) in [6, 6.07) is 8.49. The van der Waals surface area contributed by atoms with Crippen LogP contribution in [0.4, 0.5) is 15.1 Å². The van der Waals surface area contributed by atoms with Crippen LogP contribution in [0, 0.1) is 5.82 Å². The van der Waals surface area contributed by atoms with Crippen LogP contribution in [0.3, 0.4) is 0 Å². The van der Waals surface area contributed by atoms with E-state index in [-0.39, 0.29) is 18.3 Å². The minimum Gasteiger partial charge on any atom is -0.352 e. The maximum Gasteiger partial charge on any atom is 0.325 e. The lowest BCUT2D eigenvalue weighted by molar-refractivity contribution is -0.130. The molecule has 2 saturated heterocycles. The molecule has 2 fully saturated rings. The molecule has 3 amide bonds. The van der Waals surface area contributed by atoms with E-state index in [0.717, 1.165) is 66.2 Å². The van der Waals surface area contributed by atoms with Crippen LogP contribution in [0.5, 0.6) is 0 Å². The maximum absolute atomic E-state index is 13.5. The van der Waals surface area contributed by atoms with E-state index in [4.69, 9.17) is 4.98 Å². The van der Waals surface area contributed by atoms with Gasteiger partial charge in [0.25, 0.3) is 5.91 Å². The van der Waals surface area contributed by atoms with Crippen LogP contribution in [0.25, 0.3) is 10.6 Å². The summed E-state index contributed by atoms with van der Waals surface area (Å²) in [7, 11) is 0. The van der Waals surface area contributed by atoms with Gasteiger partial charge in [-0.25, -0.2) is 19.2 Å². The fourth-order valence-corrected chi connectivity index (χ4v) is 6.66. The van der Waals surface area contributed by atoms with Gasteiger partial charge in [-0.05, 0) is 65.5 Å². The first kappa shape index (κ1) is 28.6. The van der Waals surface area contributed by atoms with E-state index < -0.39 is 11.6 Å². The van der Waals surface area contributed by atoms with Gasteiger partial charge in [0.05, 0.1) is 15.0 Å². The third kappa shape index (κ3) is 6.68. The molecule has 12 heteroatoms. The standard InChI is InChI=1S/C28H33BrFN7O2S/c1-28(2)25(38)37(27(39)35-28)14-10-32-26-33-17-21(29)24(34-26)23-16-19(7-11-36-12-8-31-9-13-36)22(40-23)15-18-3-5-20(30)6-4-18/h3-6,16-17,31H,7-15H2,1-2H3,(H,35,39)(H,32,33,34). The Labute approximate surface area is 245 Å². The average molecular weight is 631 g/mol. The zero-order chi connectivity index (χ0) is 28.3. The predicted octanol–water partition coefficient (Wildman–Crippen LogP) is 3.89. The molecule has 0 radical (unpaired) electrons. The van der Waals surface area contributed by atoms with Gasteiger partial charge in [0.2, 0.25) is 5.95 Å². The van der Waals surface area contributed by atoms with E-state index in [1.807, 2.05) is 12.1 Å².